The first-order chi connectivity index (χ1) is 63.7. The minimum atomic E-state index is -2.02. The monoisotopic (exact) mass is 1870 g/mol. The van der Waals surface area contributed by atoms with Crippen molar-refractivity contribution in [3.8, 4) is 23.0 Å². The minimum Gasteiger partial charge on any atom is -0.508 e. The number of carbonyl (C=O) groups is 16. The second-order valence-electron chi connectivity index (χ2n) is 33.5. The fourth-order valence-electron chi connectivity index (χ4n) is 14.8. The molecule has 8 aromatic rings. The van der Waals surface area contributed by atoms with E-state index in [1.54, 1.807) is 82.4 Å². The van der Waals surface area contributed by atoms with Gasteiger partial charge in [-0.15, -0.1) is 11.8 Å². The number of nitrogens with two attached hydrogens (primary N) is 1. The number of rotatable bonds is 22. The van der Waals surface area contributed by atoms with E-state index in [1.807, 2.05) is 0 Å². The fraction of sp³-hybridized carbons (Fsp3) is 0.398. The first-order valence-corrected chi connectivity index (χ1v) is 44.7. The molecule has 3 heterocycles. The number of aromatic hydroxyl groups is 4. The van der Waals surface area contributed by atoms with Crippen molar-refractivity contribution in [3.63, 3.8) is 0 Å². The van der Waals surface area contributed by atoms with Crippen LogP contribution in [0.1, 0.15) is 108 Å². The molecule has 134 heavy (non-hydrogen) atoms. The lowest BCUT2D eigenvalue weighted by atomic mass is 9.95. The van der Waals surface area contributed by atoms with E-state index < -0.39 is 235 Å². The molecule has 2 aromatic heterocycles. The van der Waals surface area contributed by atoms with Crippen molar-refractivity contribution in [2.45, 2.75) is 203 Å². The van der Waals surface area contributed by atoms with Gasteiger partial charge in [-0.1, -0.05) is 119 Å². The summed E-state index contributed by atoms with van der Waals surface area (Å²) in [5.74, 6) is -20.1. The third-order valence-electron chi connectivity index (χ3n) is 22.5. The number of hydrogen-bond donors (Lipinski definition) is 24. The molecule has 1 fully saturated rings. The number of amides is 15. The molecule has 1 aliphatic rings. The normalized spacial score (nSPS) is 23.6. The number of carboxylic acids is 1. The number of aliphatic hydroxyl groups is 2. The molecule has 9 rings (SSSR count). The Hall–Kier alpha value is -14.6. The number of phenols is 4. The number of thioether (sulfide) groups is 1. The van der Waals surface area contributed by atoms with Crippen LogP contribution in [0.5, 0.6) is 23.0 Å². The standard InChI is InChI=1S/C93H115N17O23S/c1-8-48(4)78-92(132)105-69(37-53-19-27-59(114)28-20-53)84(124)98-49(5)81(121)101-70(38-54-21-29-60(115)30-22-54)86(126)103-71(39-55-23-31-61(116)32-24-55)90(130)110-79(51(7)112)93(133)106-73(41-57-43-96-65-16-12-10-14-63(57)65)88(128)104-72(40-56-42-95-64-15-11-9-13-62(56)64)87(127)100-66(33-34-77(118)119)83(123)97-50(6)82(122)107-74(44-111)91(131)108-75(80(94)120)45-134-46-76(117)99-68(36-52-17-25-58(113)26-18-52)85(125)102-67(35-47(2)3)89(129)109-78/h9-32,42-43,47-51,66-75,78-79,95-96,111-116H,8,33-41,44-46H2,1-7H3,(H2,94,120)(H,97,123)(H,98,124)(H,99,117)(H,100,127)(H,101,121)(H,102,125)(H,103,126)(H,104,128)(H,105,132)(H,106,133)(H,107,122)(H,108,131)(H,109,129)(H,110,130)(H,118,119)/t48-,49-,50-,51+,66-,67-,68+,69-,70-,71-,72-,73-,74-,75-,78-,79-/m0/s1. The van der Waals surface area contributed by atoms with Crippen molar-refractivity contribution in [1.82, 2.24) is 84.4 Å². The van der Waals surface area contributed by atoms with Crippen LogP contribution in [0.2, 0.25) is 0 Å². The van der Waals surface area contributed by atoms with E-state index >= 15 is 28.8 Å². The first kappa shape index (κ1) is 103. The summed E-state index contributed by atoms with van der Waals surface area (Å²) >= 11 is 0.736. The maximum atomic E-state index is 15.5. The zero-order chi connectivity index (χ0) is 97.7. The van der Waals surface area contributed by atoms with Crippen molar-refractivity contribution in [3.05, 3.63) is 191 Å². The van der Waals surface area contributed by atoms with Gasteiger partial charge < -0.3 is 126 Å². The van der Waals surface area contributed by atoms with Crippen LogP contribution < -0.4 is 80.2 Å². The molecule has 41 heteroatoms. The third-order valence-corrected chi connectivity index (χ3v) is 23.5. The number of fused-ring (bicyclic) bond motifs is 2. The number of hydrogen-bond acceptors (Lipinski definition) is 23. The maximum absolute atomic E-state index is 15.5. The molecule has 716 valence electrons. The Morgan fingerprint density at radius 2 is 0.724 bits per heavy atom. The predicted molar refractivity (Wildman–Crippen MR) is 491 cm³/mol. The lowest BCUT2D eigenvalue weighted by Crippen LogP contribution is -2.63. The van der Waals surface area contributed by atoms with Crippen LogP contribution in [0.25, 0.3) is 21.8 Å². The molecule has 1 saturated heterocycles. The summed E-state index contributed by atoms with van der Waals surface area (Å²) in [6.45, 7) is 9.20. The van der Waals surface area contributed by atoms with E-state index in [9.17, 15) is 83.7 Å². The summed E-state index contributed by atoms with van der Waals surface area (Å²) in [5, 5.41) is 110. The van der Waals surface area contributed by atoms with Gasteiger partial charge in [0.05, 0.1) is 18.5 Å². The van der Waals surface area contributed by atoms with Crippen LogP contribution in [0, 0.1) is 11.8 Å². The van der Waals surface area contributed by atoms with Gasteiger partial charge in [-0.05, 0) is 139 Å². The van der Waals surface area contributed by atoms with Crippen LogP contribution in [0.3, 0.4) is 0 Å². The van der Waals surface area contributed by atoms with Crippen molar-refractivity contribution in [2.24, 2.45) is 17.6 Å². The summed E-state index contributed by atoms with van der Waals surface area (Å²) in [6.07, 6.45) is -2.19. The van der Waals surface area contributed by atoms with Gasteiger partial charge in [-0.3, -0.25) is 76.7 Å². The maximum Gasteiger partial charge on any atom is 0.303 e. The lowest BCUT2D eigenvalue weighted by molar-refractivity contribution is -0.139. The Labute approximate surface area is 774 Å². The number of H-pyrrole nitrogens is 2. The van der Waals surface area contributed by atoms with Gasteiger partial charge >= 0.3 is 5.97 Å². The second-order valence-corrected chi connectivity index (χ2v) is 34.5. The SMILES string of the molecule is CC[C@H](C)[C@@H]1NC(=O)[C@H](CC(C)C)NC(=O)[C@@H](Cc2ccc(O)cc2)NC(=O)CSC[C@@H](C(N)=O)NC(=O)[C@H](CO)NC(=O)[C@H](C)NC(=O)[C@H](CCC(=O)O)NC(=O)[C@H](Cc2c[nH]c3ccccc23)NC(=O)[C@H](Cc2c[nH]c3ccccc23)NC(=O)[C@H]([C@@H](C)O)NC(=O)[C@H](Cc2ccc(O)cc2)NC(=O)[C@H](Cc2ccc(O)cc2)NC(=O)[C@H](C)NC(=O)[C@H](Cc2ccc(O)cc2)NC1=O. The Morgan fingerprint density at radius 1 is 0.396 bits per heavy atom. The summed E-state index contributed by atoms with van der Waals surface area (Å²) in [5.41, 5.74) is 9.10. The minimum absolute atomic E-state index is 0.0629. The van der Waals surface area contributed by atoms with Crippen molar-refractivity contribution in [2.75, 3.05) is 18.1 Å². The number of para-hydroxylation sites is 2. The average molecular weight is 1870 g/mol. The molecule has 0 aliphatic carbocycles. The molecule has 25 N–H and O–H groups in total. The predicted octanol–water partition coefficient (Wildman–Crippen LogP) is -0.383. The van der Waals surface area contributed by atoms with Gasteiger partial charge in [-0.2, -0.15) is 0 Å². The van der Waals surface area contributed by atoms with Crippen LogP contribution >= 0.6 is 11.8 Å². The number of carbonyl (C=O) groups excluding carboxylic acids is 15. The molecule has 6 aromatic carbocycles. The number of phenolic OH excluding ortho intramolecular Hbond substituents is 4. The van der Waals surface area contributed by atoms with Gasteiger partial charge in [-0.25, -0.2) is 0 Å². The Balaban J connectivity index is 1.09. The smallest absolute Gasteiger partial charge is 0.303 e. The van der Waals surface area contributed by atoms with E-state index in [0.29, 0.717) is 55.2 Å². The summed E-state index contributed by atoms with van der Waals surface area (Å²) in [6, 6.07) is 12.1. The van der Waals surface area contributed by atoms with Gasteiger partial charge in [0.15, 0.2) is 0 Å². The van der Waals surface area contributed by atoms with E-state index in [2.05, 4.69) is 84.4 Å². The molecular formula is C93H115N17O23S. The number of primary amides is 1. The molecule has 15 amide bonds. The zero-order valence-corrected chi connectivity index (χ0v) is 75.5. The molecule has 0 spiro atoms. The Morgan fingerprint density at radius 3 is 1.12 bits per heavy atom. The van der Waals surface area contributed by atoms with Crippen molar-refractivity contribution >= 4 is 128 Å². The van der Waals surface area contributed by atoms with Crippen LogP contribution in [0.4, 0.5) is 0 Å². The number of carboxylic acid groups (broad SMARTS) is 1. The number of aromatic nitrogens is 2. The quantitative estimate of drug-likeness (QED) is 0.0411. The first-order valence-electron chi connectivity index (χ1n) is 43.6. The van der Waals surface area contributed by atoms with Gasteiger partial charge in [0.1, 0.15) is 108 Å². The summed E-state index contributed by atoms with van der Waals surface area (Å²) < 4.78 is 0. The Kier molecular flexibility index (Phi) is 37.7. The molecule has 0 unspecified atom stereocenters. The largest absolute Gasteiger partial charge is 0.508 e. The van der Waals surface area contributed by atoms with Gasteiger partial charge in [0.25, 0.3) is 0 Å². The number of aliphatic carboxylic acids is 1. The summed E-state index contributed by atoms with van der Waals surface area (Å²) in [7, 11) is 0. The van der Waals surface area contributed by atoms with Crippen LogP contribution in [-0.2, 0) is 115 Å². The fourth-order valence-corrected chi connectivity index (χ4v) is 15.6. The van der Waals surface area contributed by atoms with E-state index in [1.165, 1.54) is 110 Å². The average Bonchev–Trinajstić information content (AvgIpc) is 1.67. The van der Waals surface area contributed by atoms with Crippen molar-refractivity contribution in [1.29, 1.82) is 0 Å². The number of aliphatic hydroxyl groups excluding tert-OH is 2. The highest BCUT2D eigenvalue weighted by atomic mass is 32.2. The lowest BCUT2D eigenvalue weighted by Gasteiger charge is -2.30. The van der Waals surface area contributed by atoms with Crippen molar-refractivity contribution < 1.29 is 112 Å². The highest BCUT2D eigenvalue weighted by Crippen LogP contribution is 2.25. The van der Waals surface area contributed by atoms with Crippen LogP contribution in [0.15, 0.2) is 158 Å². The molecule has 40 nitrogen and oxygen atoms in total. The molecule has 0 radical (unpaired) electrons. The van der Waals surface area contributed by atoms with E-state index in [-0.39, 0.29) is 67.4 Å². The number of benzene rings is 6. The van der Waals surface area contributed by atoms with Gasteiger partial charge in [0.2, 0.25) is 88.6 Å². The van der Waals surface area contributed by atoms with Gasteiger partial charge in [0, 0.05) is 84.9 Å². The highest BCUT2D eigenvalue weighted by molar-refractivity contribution is 8.00. The molecule has 0 bridgehead atoms. The second kappa shape index (κ2) is 49.0. The molecule has 1 aliphatic heterocycles. The molecule has 0 saturated carbocycles. The molecule has 16 atom stereocenters. The Bertz CT molecular complexity index is 5500. The topological polar surface area (TPSA) is 641 Å². The zero-order valence-electron chi connectivity index (χ0n) is 74.7. The highest BCUT2D eigenvalue weighted by Gasteiger charge is 2.41. The van der Waals surface area contributed by atoms with Crippen LogP contribution in [-0.4, -0.2) is 249 Å². The van der Waals surface area contributed by atoms with E-state index in [0.717, 1.165) is 25.6 Å². The summed E-state index contributed by atoms with van der Waals surface area (Å²) in [4.78, 5) is 239. The number of nitrogens with one attached hydrogen (secondary N) is 16. The van der Waals surface area contributed by atoms with E-state index in [4.69, 9.17) is 5.73 Å². The number of aromatic amines is 2. The molecular weight excluding hydrogens is 1760 g/mol. The third kappa shape index (κ3) is 30.5.